The van der Waals surface area contributed by atoms with Crippen molar-refractivity contribution in [3.63, 3.8) is 0 Å². The highest BCUT2D eigenvalue weighted by atomic mass is 79.9. The van der Waals surface area contributed by atoms with E-state index < -0.39 is 0 Å². The quantitative estimate of drug-likeness (QED) is 0.868. The van der Waals surface area contributed by atoms with Crippen LogP contribution in [-0.2, 0) is 6.42 Å². The van der Waals surface area contributed by atoms with E-state index in [4.69, 9.17) is 5.11 Å². The maximum atomic E-state index is 8.77. The van der Waals surface area contributed by atoms with E-state index in [-0.39, 0.29) is 6.61 Å². The van der Waals surface area contributed by atoms with Crippen molar-refractivity contribution in [1.29, 1.82) is 0 Å². The summed E-state index contributed by atoms with van der Waals surface area (Å²) in [6.07, 6.45) is 3.76. The van der Waals surface area contributed by atoms with E-state index >= 15 is 0 Å². The van der Waals surface area contributed by atoms with E-state index in [1.807, 2.05) is 12.3 Å². The van der Waals surface area contributed by atoms with E-state index in [0.29, 0.717) is 0 Å². The zero-order valence-corrected chi connectivity index (χ0v) is 9.34. The van der Waals surface area contributed by atoms with Gasteiger partial charge < -0.3 is 10.1 Å². The summed E-state index contributed by atoms with van der Waals surface area (Å²) in [4.78, 5) is 3.22. The fourth-order valence-corrected chi connectivity index (χ4v) is 1.99. The molecule has 2 rings (SSSR count). The molecule has 3 heteroatoms. The Morgan fingerprint density at radius 2 is 2.21 bits per heavy atom. The van der Waals surface area contributed by atoms with Crippen molar-refractivity contribution < 1.29 is 5.11 Å². The van der Waals surface area contributed by atoms with Crippen molar-refractivity contribution in [2.75, 3.05) is 6.61 Å². The van der Waals surface area contributed by atoms with Crippen molar-refractivity contribution in [1.82, 2.24) is 4.98 Å². The van der Waals surface area contributed by atoms with Crippen LogP contribution in [0.25, 0.3) is 10.9 Å². The van der Waals surface area contributed by atoms with Gasteiger partial charge in [0.1, 0.15) is 0 Å². The third-order valence-electron chi connectivity index (χ3n) is 2.33. The van der Waals surface area contributed by atoms with Gasteiger partial charge in [-0.15, -0.1) is 0 Å². The summed E-state index contributed by atoms with van der Waals surface area (Å²) in [5.74, 6) is 0. The monoisotopic (exact) mass is 253 g/mol. The number of H-pyrrole nitrogens is 1. The number of aliphatic hydroxyl groups excluding tert-OH is 1. The Balaban J connectivity index is 2.40. The number of hydrogen-bond acceptors (Lipinski definition) is 1. The molecule has 0 fully saturated rings. The smallest absolute Gasteiger partial charge is 0.0457 e. The first-order chi connectivity index (χ1) is 6.81. The molecule has 0 aliphatic carbocycles. The molecule has 0 radical (unpaired) electrons. The summed E-state index contributed by atoms with van der Waals surface area (Å²) < 4.78 is 1.09. The van der Waals surface area contributed by atoms with Gasteiger partial charge in [0.05, 0.1) is 0 Å². The summed E-state index contributed by atoms with van der Waals surface area (Å²) in [6.45, 7) is 0.251. The summed E-state index contributed by atoms with van der Waals surface area (Å²) in [7, 11) is 0. The Morgan fingerprint density at radius 3 is 3.00 bits per heavy atom. The molecule has 0 spiro atoms. The molecule has 14 heavy (non-hydrogen) atoms. The maximum Gasteiger partial charge on any atom is 0.0457 e. The van der Waals surface area contributed by atoms with Crippen LogP contribution in [0, 0.1) is 0 Å². The van der Waals surface area contributed by atoms with Crippen LogP contribution in [0.1, 0.15) is 12.0 Å². The van der Waals surface area contributed by atoms with Crippen LogP contribution in [0.15, 0.2) is 28.9 Å². The minimum absolute atomic E-state index is 0.251. The predicted octanol–water partition coefficient (Wildman–Crippen LogP) is 2.86. The number of aliphatic hydroxyl groups is 1. The molecule has 0 aliphatic heterocycles. The number of benzene rings is 1. The molecule has 0 saturated heterocycles. The Morgan fingerprint density at radius 1 is 1.36 bits per heavy atom. The molecule has 2 nitrogen and oxygen atoms in total. The second-order valence-electron chi connectivity index (χ2n) is 3.33. The van der Waals surface area contributed by atoms with E-state index in [1.54, 1.807) is 0 Å². The molecule has 2 N–H and O–H groups in total. The highest BCUT2D eigenvalue weighted by molar-refractivity contribution is 9.10. The summed E-state index contributed by atoms with van der Waals surface area (Å²) in [5.41, 5.74) is 2.43. The molecule has 1 heterocycles. The van der Waals surface area contributed by atoms with E-state index in [9.17, 15) is 0 Å². The molecule has 1 aromatic heterocycles. The van der Waals surface area contributed by atoms with Gasteiger partial charge in [-0.3, -0.25) is 0 Å². The molecular weight excluding hydrogens is 242 g/mol. The van der Waals surface area contributed by atoms with Crippen molar-refractivity contribution in [3.05, 3.63) is 34.4 Å². The zero-order chi connectivity index (χ0) is 9.97. The van der Waals surface area contributed by atoms with E-state index in [0.717, 1.165) is 22.8 Å². The van der Waals surface area contributed by atoms with Gasteiger partial charge >= 0.3 is 0 Å². The molecule has 0 amide bonds. The minimum atomic E-state index is 0.251. The largest absolute Gasteiger partial charge is 0.396 e. The molecule has 74 valence electrons. The Kier molecular flexibility index (Phi) is 2.89. The van der Waals surface area contributed by atoms with Crippen LogP contribution in [0.5, 0.6) is 0 Å². The molecule has 1 aromatic carbocycles. The van der Waals surface area contributed by atoms with Gasteiger partial charge in [-0.05, 0) is 36.6 Å². The average molecular weight is 254 g/mol. The van der Waals surface area contributed by atoms with Crippen molar-refractivity contribution in [3.8, 4) is 0 Å². The highest BCUT2D eigenvalue weighted by Gasteiger charge is 2.03. The first kappa shape index (κ1) is 9.74. The lowest BCUT2D eigenvalue weighted by molar-refractivity contribution is 0.289. The zero-order valence-electron chi connectivity index (χ0n) is 7.76. The summed E-state index contributed by atoms with van der Waals surface area (Å²) in [6, 6.07) is 6.19. The molecule has 2 aromatic rings. The van der Waals surface area contributed by atoms with Crippen LogP contribution in [-0.4, -0.2) is 16.7 Å². The fourth-order valence-electron chi connectivity index (χ4n) is 1.63. The molecule has 0 saturated carbocycles. The number of hydrogen-bond donors (Lipinski definition) is 2. The van der Waals surface area contributed by atoms with Crippen LogP contribution in [0.4, 0.5) is 0 Å². The first-order valence-electron chi connectivity index (χ1n) is 4.67. The van der Waals surface area contributed by atoms with Gasteiger partial charge in [0.25, 0.3) is 0 Å². The van der Waals surface area contributed by atoms with Gasteiger partial charge in [0.15, 0.2) is 0 Å². The van der Waals surface area contributed by atoms with Gasteiger partial charge in [-0.1, -0.05) is 15.9 Å². The predicted molar refractivity (Wildman–Crippen MR) is 61.4 cm³/mol. The number of aryl methyl sites for hydroxylation is 1. The lowest BCUT2D eigenvalue weighted by atomic mass is 10.1. The molecule has 0 unspecified atom stereocenters. The maximum absolute atomic E-state index is 8.77. The topological polar surface area (TPSA) is 36.0 Å². The van der Waals surface area contributed by atoms with E-state index in [2.05, 4.69) is 33.0 Å². The first-order valence-corrected chi connectivity index (χ1v) is 5.47. The third-order valence-corrected chi connectivity index (χ3v) is 2.83. The van der Waals surface area contributed by atoms with Crippen molar-refractivity contribution in [2.45, 2.75) is 12.8 Å². The van der Waals surface area contributed by atoms with Gasteiger partial charge in [0.2, 0.25) is 0 Å². The number of aromatic amines is 1. The number of rotatable bonds is 3. The lowest BCUT2D eigenvalue weighted by Crippen LogP contribution is -1.87. The molecular formula is C11H12BrNO. The van der Waals surface area contributed by atoms with Gasteiger partial charge in [-0.25, -0.2) is 0 Å². The summed E-state index contributed by atoms with van der Waals surface area (Å²) >= 11 is 3.46. The van der Waals surface area contributed by atoms with E-state index in [1.165, 1.54) is 10.9 Å². The van der Waals surface area contributed by atoms with Gasteiger partial charge in [0, 0.05) is 28.2 Å². The number of nitrogens with one attached hydrogen (secondary N) is 1. The van der Waals surface area contributed by atoms with Crippen LogP contribution >= 0.6 is 15.9 Å². The second-order valence-corrected chi connectivity index (χ2v) is 4.25. The van der Waals surface area contributed by atoms with Gasteiger partial charge in [-0.2, -0.15) is 0 Å². The standard InChI is InChI=1S/C11H12BrNO/c12-9-3-4-11-10(6-9)8(7-13-11)2-1-5-14/h3-4,6-7,13-14H,1-2,5H2. The Labute approximate surface area is 91.1 Å². The SMILES string of the molecule is OCCCc1c[nH]c2ccc(Br)cc12. The Bertz CT molecular complexity index is 436. The number of halogens is 1. The van der Waals surface area contributed by atoms with Crippen LogP contribution in [0.3, 0.4) is 0 Å². The molecule has 0 aliphatic rings. The van der Waals surface area contributed by atoms with Crippen molar-refractivity contribution in [2.24, 2.45) is 0 Å². The lowest BCUT2D eigenvalue weighted by Gasteiger charge is -1.97. The Hall–Kier alpha value is -0.800. The van der Waals surface area contributed by atoms with Crippen LogP contribution in [0.2, 0.25) is 0 Å². The normalized spacial score (nSPS) is 11.0. The van der Waals surface area contributed by atoms with Crippen molar-refractivity contribution >= 4 is 26.8 Å². The highest BCUT2D eigenvalue weighted by Crippen LogP contribution is 2.23. The molecule has 0 atom stereocenters. The summed E-state index contributed by atoms with van der Waals surface area (Å²) in [5, 5.41) is 10.0. The number of aromatic nitrogens is 1. The number of fused-ring (bicyclic) bond motifs is 1. The van der Waals surface area contributed by atoms with Crippen LogP contribution < -0.4 is 0 Å². The average Bonchev–Trinajstić information content (AvgIpc) is 2.57. The minimum Gasteiger partial charge on any atom is -0.396 e. The fraction of sp³-hybridized carbons (Fsp3) is 0.273. The molecule has 0 bridgehead atoms. The second kappa shape index (κ2) is 4.15. The third kappa shape index (κ3) is 1.83.